The second kappa shape index (κ2) is 6.75. The third-order valence-corrected chi connectivity index (χ3v) is 2.61. The summed E-state index contributed by atoms with van der Waals surface area (Å²) in [5, 5.41) is 20.4. The van der Waals surface area contributed by atoms with E-state index in [0.29, 0.717) is 0 Å². The number of carboxylic acid groups (broad SMARTS) is 1. The van der Waals surface area contributed by atoms with Crippen LogP contribution in [0.3, 0.4) is 0 Å². The zero-order valence-corrected chi connectivity index (χ0v) is 10.4. The van der Waals surface area contributed by atoms with E-state index in [4.69, 9.17) is 5.11 Å². The summed E-state index contributed by atoms with van der Waals surface area (Å²) in [5.41, 5.74) is 0. The molecule has 1 unspecified atom stereocenters. The topological polar surface area (TPSA) is 99.1 Å². The van der Waals surface area contributed by atoms with Gasteiger partial charge in [0.15, 0.2) is 0 Å². The molecule has 1 fully saturated rings. The summed E-state index contributed by atoms with van der Waals surface area (Å²) < 4.78 is 39.6. The van der Waals surface area contributed by atoms with E-state index in [-0.39, 0.29) is 26.1 Å². The number of β-amino-alcohol motifs (C(OH)–C–C–N with tert-alkyl or cyclic N) is 1. The van der Waals surface area contributed by atoms with Crippen LogP contribution < -0.4 is 5.32 Å². The Morgan fingerprint density at radius 1 is 1.40 bits per heavy atom. The van der Waals surface area contributed by atoms with Crippen LogP contribution >= 0.6 is 0 Å². The van der Waals surface area contributed by atoms with Crippen LogP contribution in [0.1, 0.15) is 6.42 Å². The molecule has 0 aromatic heterocycles. The van der Waals surface area contributed by atoms with Crippen molar-refractivity contribution in [2.45, 2.75) is 24.7 Å². The van der Waals surface area contributed by atoms with Crippen molar-refractivity contribution in [3.05, 3.63) is 0 Å². The maximum atomic E-state index is 11.8. The third-order valence-electron chi connectivity index (χ3n) is 2.61. The summed E-state index contributed by atoms with van der Waals surface area (Å²) in [6.45, 7) is -2.08. The SMILES string of the molecule is O=C(O)[C@@H]1CC(O)CN1C(=O)NCCOCC(F)(F)F. The fourth-order valence-corrected chi connectivity index (χ4v) is 1.79. The van der Waals surface area contributed by atoms with Crippen molar-refractivity contribution < 1.29 is 37.7 Å². The van der Waals surface area contributed by atoms with Gasteiger partial charge in [-0.1, -0.05) is 0 Å². The molecule has 0 aromatic rings. The minimum atomic E-state index is -4.43. The van der Waals surface area contributed by atoms with Crippen LogP contribution in [0.5, 0.6) is 0 Å². The highest BCUT2D eigenvalue weighted by atomic mass is 19.4. The molecule has 0 saturated carbocycles. The van der Waals surface area contributed by atoms with E-state index in [1.54, 1.807) is 0 Å². The summed E-state index contributed by atoms with van der Waals surface area (Å²) in [6, 6.07) is -1.90. The number of carbonyl (C=O) groups excluding carboxylic acids is 1. The number of hydrogen-bond acceptors (Lipinski definition) is 4. The van der Waals surface area contributed by atoms with E-state index >= 15 is 0 Å². The number of rotatable bonds is 5. The van der Waals surface area contributed by atoms with Gasteiger partial charge in [-0.2, -0.15) is 13.2 Å². The Hall–Kier alpha value is -1.55. The molecule has 1 rings (SSSR count). The maximum Gasteiger partial charge on any atom is 0.411 e. The van der Waals surface area contributed by atoms with Gasteiger partial charge < -0.3 is 25.2 Å². The highest BCUT2D eigenvalue weighted by molar-refractivity contribution is 5.83. The van der Waals surface area contributed by atoms with Crippen molar-refractivity contribution in [3.8, 4) is 0 Å². The number of aliphatic carboxylic acids is 1. The van der Waals surface area contributed by atoms with Gasteiger partial charge in [0.05, 0.1) is 12.7 Å². The molecular weight excluding hydrogens is 285 g/mol. The monoisotopic (exact) mass is 300 g/mol. The minimum Gasteiger partial charge on any atom is -0.480 e. The number of likely N-dealkylation sites (tertiary alicyclic amines) is 1. The molecule has 1 aliphatic heterocycles. The van der Waals surface area contributed by atoms with Gasteiger partial charge in [0.25, 0.3) is 0 Å². The molecule has 0 bridgehead atoms. The summed E-state index contributed by atoms with van der Waals surface area (Å²) in [7, 11) is 0. The van der Waals surface area contributed by atoms with E-state index < -0.39 is 36.9 Å². The molecule has 1 heterocycles. The second-order valence-corrected chi connectivity index (χ2v) is 4.30. The lowest BCUT2D eigenvalue weighted by Crippen LogP contribution is -2.47. The van der Waals surface area contributed by atoms with Crippen molar-refractivity contribution in [2.75, 3.05) is 26.3 Å². The van der Waals surface area contributed by atoms with Gasteiger partial charge in [0, 0.05) is 19.5 Å². The van der Waals surface area contributed by atoms with E-state index in [9.17, 15) is 27.9 Å². The van der Waals surface area contributed by atoms with Crippen LogP contribution in [0.4, 0.5) is 18.0 Å². The first-order valence-electron chi connectivity index (χ1n) is 5.80. The quantitative estimate of drug-likeness (QED) is 0.610. The number of amides is 2. The number of halogens is 3. The van der Waals surface area contributed by atoms with Crippen molar-refractivity contribution in [2.24, 2.45) is 0 Å². The number of aliphatic hydroxyl groups is 1. The Kier molecular flexibility index (Phi) is 5.57. The van der Waals surface area contributed by atoms with E-state index in [2.05, 4.69) is 10.1 Å². The van der Waals surface area contributed by atoms with E-state index in [1.165, 1.54) is 0 Å². The van der Waals surface area contributed by atoms with Crippen molar-refractivity contribution in [1.82, 2.24) is 10.2 Å². The maximum absolute atomic E-state index is 11.8. The molecule has 0 aromatic carbocycles. The fourth-order valence-electron chi connectivity index (χ4n) is 1.79. The number of urea groups is 1. The molecule has 10 heteroatoms. The number of nitrogens with one attached hydrogen (secondary N) is 1. The van der Waals surface area contributed by atoms with Gasteiger partial charge in [0.1, 0.15) is 12.6 Å². The first kappa shape index (κ1) is 16.5. The van der Waals surface area contributed by atoms with Gasteiger partial charge in [-0.15, -0.1) is 0 Å². The van der Waals surface area contributed by atoms with Crippen molar-refractivity contribution >= 4 is 12.0 Å². The number of nitrogens with zero attached hydrogens (tertiary/aromatic N) is 1. The molecule has 116 valence electrons. The zero-order chi connectivity index (χ0) is 15.3. The Labute approximate surface area is 112 Å². The molecule has 20 heavy (non-hydrogen) atoms. The normalized spacial score (nSPS) is 22.9. The van der Waals surface area contributed by atoms with Gasteiger partial charge in [-0.3, -0.25) is 0 Å². The molecule has 7 nitrogen and oxygen atoms in total. The lowest BCUT2D eigenvalue weighted by atomic mass is 10.2. The average Bonchev–Trinajstić information content (AvgIpc) is 2.69. The van der Waals surface area contributed by atoms with Crippen LogP contribution in [-0.4, -0.2) is 71.7 Å². The standard InChI is InChI=1S/C10H15F3N2O5/c11-10(12,13)5-20-2-1-14-9(19)15-4-6(16)3-7(15)8(17)18/h6-7,16H,1-5H2,(H,14,19)(H,17,18)/t6?,7-/m0/s1. The Bertz CT molecular complexity index is 363. The van der Waals surface area contributed by atoms with Gasteiger partial charge >= 0.3 is 18.2 Å². The van der Waals surface area contributed by atoms with Crippen molar-refractivity contribution in [3.63, 3.8) is 0 Å². The highest BCUT2D eigenvalue weighted by Gasteiger charge is 2.38. The largest absolute Gasteiger partial charge is 0.480 e. The number of carboxylic acids is 1. The predicted molar refractivity (Wildman–Crippen MR) is 59.0 cm³/mol. The Balaban J connectivity index is 2.30. The van der Waals surface area contributed by atoms with Crippen molar-refractivity contribution in [1.29, 1.82) is 0 Å². The third kappa shape index (κ3) is 5.21. The molecule has 1 saturated heterocycles. The molecule has 2 amide bonds. The van der Waals surface area contributed by atoms with Gasteiger partial charge in [-0.25, -0.2) is 9.59 Å². The summed E-state index contributed by atoms with van der Waals surface area (Å²) >= 11 is 0. The molecule has 3 N–H and O–H groups in total. The molecule has 0 aliphatic carbocycles. The number of carbonyl (C=O) groups is 2. The predicted octanol–water partition coefficient (Wildman–Crippen LogP) is -0.205. The molecule has 0 radical (unpaired) electrons. The zero-order valence-electron chi connectivity index (χ0n) is 10.4. The van der Waals surface area contributed by atoms with E-state index in [1.807, 2.05) is 0 Å². The van der Waals surface area contributed by atoms with Crippen LogP contribution in [-0.2, 0) is 9.53 Å². The molecular formula is C10H15F3N2O5. The summed E-state index contributed by atoms with van der Waals surface area (Å²) in [4.78, 5) is 23.4. The summed E-state index contributed by atoms with van der Waals surface area (Å²) in [5.74, 6) is -1.25. The number of aliphatic hydroxyl groups excluding tert-OH is 1. The first-order chi connectivity index (χ1) is 9.20. The summed E-state index contributed by atoms with van der Waals surface area (Å²) in [6.07, 6.45) is -5.44. The fraction of sp³-hybridized carbons (Fsp3) is 0.800. The Morgan fingerprint density at radius 3 is 2.60 bits per heavy atom. The van der Waals surface area contributed by atoms with Crippen LogP contribution in [0.25, 0.3) is 0 Å². The van der Waals surface area contributed by atoms with Crippen LogP contribution in [0, 0.1) is 0 Å². The van der Waals surface area contributed by atoms with Crippen LogP contribution in [0.15, 0.2) is 0 Å². The van der Waals surface area contributed by atoms with E-state index in [0.717, 1.165) is 4.90 Å². The van der Waals surface area contributed by atoms with Gasteiger partial charge in [0.2, 0.25) is 0 Å². The molecule has 2 atom stereocenters. The average molecular weight is 300 g/mol. The van der Waals surface area contributed by atoms with Crippen LogP contribution in [0.2, 0.25) is 0 Å². The lowest BCUT2D eigenvalue weighted by molar-refractivity contribution is -0.173. The number of alkyl halides is 3. The Morgan fingerprint density at radius 2 is 2.05 bits per heavy atom. The lowest BCUT2D eigenvalue weighted by Gasteiger charge is -2.21. The highest BCUT2D eigenvalue weighted by Crippen LogP contribution is 2.18. The smallest absolute Gasteiger partial charge is 0.411 e. The molecule has 0 spiro atoms. The van der Waals surface area contributed by atoms with Gasteiger partial charge in [-0.05, 0) is 0 Å². The minimum absolute atomic E-state index is 0.0761. The molecule has 1 aliphatic rings. The number of ether oxygens (including phenoxy) is 1. The number of hydrogen-bond donors (Lipinski definition) is 3. The second-order valence-electron chi connectivity index (χ2n) is 4.30. The first-order valence-corrected chi connectivity index (χ1v) is 5.80.